The first-order chi connectivity index (χ1) is 11.6. The second-order valence-corrected chi connectivity index (χ2v) is 7.19. The minimum atomic E-state index is 0.0732. The lowest BCUT2D eigenvalue weighted by Gasteiger charge is -2.33. The van der Waals surface area contributed by atoms with Crippen LogP contribution in [0.3, 0.4) is 0 Å². The number of rotatable bonds is 3. The number of amides is 1. The Morgan fingerprint density at radius 2 is 2.04 bits per heavy atom. The Kier molecular flexibility index (Phi) is 3.87. The maximum Gasteiger partial charge on any atom is 0.225 e. The van der Waals surface area contributed by atoms with Gasteiger partial charge >= 0.3 is 0 Å². The van der Waals surface area contributed by atoms with E-state index in [1.165, 1.54) is 5.56 Å². The summed E-state index contributed by atoms with van der Waals surface area (Å²) in [6.07, 6.45) is 4.28. The smallest absolute Gasteiger partial charge is 0.225 e. The molecule has 5 heteroatoms. The summed E-state index contributed by atoms with van der Waals surface area (Å²) < 4.78 is 0. The van der Waals surface area contributed by atoms with Gasteiger partial charge in [0.1, 0.15) is 5.82 Å². The van der Waals surface area contributed by atoms with Crippen LogP contribution in [0.4, 0.5) is 5.82 Å². The Morgan fingerprint density at radius 3 is 2.83 bits per heavy atom. The van der Waals surface area contributed by atoms with Gasteiger partial charge in [0, 0.05) is 30.2 Å². The monoisotopic (exact) mass is 324 g/mol. The van der Waals surface area contributed by atoms with Gasteiger partial charge in [0.25, 0.3) is 0 Å². The third-order valence-corrected chi connectivity index (χ3v) is 5.03. The number of aryl methyl sites for hydroxylation is 2. The van der Waals surface area contributed by atoms with Crippen molar-refractivity contribution in [3.05, 3.63) is 29.5 Å². The molecule has 24 heavy (non-hydrogen) atoms. The van der Waals surface area contributed by atoms with Crippen molar-refractivity contribution in [3.63, 3.8) is 0 Å². The Morgan fingerprint density at radius 1 is 1.21 bits per heavy atom. The molecule has 2 aromatic rings. The predicted molar refractivity (Wildman–Crippen MR) is 95.1 cm³/mol. The molecule has 1 saturated carbocycles. The largest absolute Gasteiger partial charge is 0.356 e. The number of hydrogen-bond donors (Lipinski definition) is 1. The number of anilines is 1. The van der Waals surface area contributed by atoms with Gasteiger partial charge in [-0.3, -0.25) is 4.79 Å². The van der Waals surface area contributed by atoms with Crippen LogP contribution in [-0.2, 0) is 4.79 Å². The normalized spacial score (nSPS) is 21.1. The molecule has 0 spiro atoms. The van der Waals surface area contributed by atoms with E-state index in [4.69, 9.17) is 4.98 Å². The Bertz CT molecular complexity index is 784. The Balaban J connectivity index is 1.55. The van der Waals surface area contributed by atoms with Crippen molar-refractivity contribution < 1.29 is 4.79 Å². The molecular formula is C19H24N4O. The number of carbonyl (C=O) groups is 1. The Labute approximate surface area is 142 Å². The van der Waals surface area contributed by atoms with Crippen LogP contribution in [-0.4, -0.2) is 35.0 Å². The SMILES string of the molecule is Cc1cc(C)c2ccc(N3CCCC(C(=O)NC4CC4)C3)nc2n1. The third kappa shape index (κ3) is 3.07. The number of carbonyl (C=O) groups excluding carboxylic acids is 1. The minimum absolute atomic E-state index is 0.0732. The second kappa shape index (κ2) is 6.04. The van der Waals surface area contributed by atoms with Crippen molar-refractivity contribution in [3.8, 4) is 0 Å². The summed E-state index contributed by atoms with van der Waals surface area (Å²) in [5.41, 5.74) is 3.00. The lowest BCUT2D eigenvalue weighted by atomic mass is 9.97. The number of nitrogens with zero attached hydrogens (tertiary/aromatic N) is 3. The van der Waals surface area contributed by atoms with E-state index < -0.39 is 0 Å². The van der Waals surface area contributed by atoms with Gasteiger partial charge in [-0.2, -0.15) is 0 Å². The van der Waals surface area contributed by atoms with Crippen molar-refractivity contribution in [2.75, 3.05) is 18.0 Å². The average molecular weight is 324 g/mol. The molecule has 2 aliphatic rings. The van der Waals surface area contributed by atoms with Crippen LogP contribution in [0.2, 0.25) is 0 Å². The summed E-state index contributed by atoms with van der Waals surface area (Å²) in [4.78, 5) is 23.9. The van der Waals surface area contributed by atoms with Gasteiger partial charge in [0.05, 0.1) is 5.92 Å². The van der Waals surface area contributed by atoms with Crippen LogP contribution in [0, 0.1) is 19.8 Å². The van der Waals surface area contributed by atoms with Crippen LogP contribution in [0.1, 0.15) is 36.9 Å². The van der Waals surface area contributed by atoms with E-state index in [0.717, 1.165) is 61.3 Å². The number of piperidine rings is 1. The molecule has 3 heterocycles. The highest BCUT2D eigenvalue weighted by Crippen LogP contribution is 2.26. The molecule has 1 N–H and O–H groups in total. The molecule has 0 radical (unpaired) electrons. The zero-order valence-corrected chi connectivity index (χ0v) is 14.4. The summed E-state index contributed by atoms with van der Waals surface area (Å²) in [5.74, 6) is 1.22. The first kappa shape index (κ1) is 15.4. The van der Waals surface area contributed by atoms with Crippen molar-refractivity contribution in [2.24, 2.45) is 5.92 Å². The molecule has 1 amide bonds. The fraction of sp³-hybridized carbons (Fsp3) is 0.526. The van der Waals surface area contributed by atoms with Crippen molar-refractivity contribution >= 4 is 22.8 Å². The Hall–Kier alpha value is -2.17. The maximum atomic E-state index is 12.4. The van der Waals surface area contributed by atoms with Crippen LogP contribution >= 0.6 is 0 Å². The zero-order chi connectivity index (χ0) is 16.7. The molecule has 1 saturated heterocycles. The summed E-state index contributed by atoms with van der Waals surface area (Å²) in [7, 11) is 0. The van der Waals surface area contributed by atoms with E-state index in [1.54, 1.807) is 0 Å². The number of aromatic nitrogens is 2. The van der Waals surface area contributed by atoms with Crippen molar-refractivity contribution in [1.29, 1.82) is 0 Å². The van der Waals surface area contributed by atoms with Crippen molar-refractivity contribution in [2.45, 2.75) is 45.6 Å². The summed E-state index contributed by atoms with van der Waals surface area (Å²) in [6, 6.07) is 6.69. The van der Waals surface area contributed by atoms with Gasteiger partial charge in [-0.05, 0) is 63.3 Å². The maximum absolute atomic E-state index is 12.4. The molecule has 1 atom stereocenters. The standard InChI is InChI=1S/C19H24N4O/c1-12-10-13(2)20-18-16(12)7-8-17(22-18)23-9-3-4-14(11-23)19(24)21-15-5-6-15/h7-8,10,14-15H,3-6,9,11H2,1-2H3,(H,21,24). The molecule has 1 aliphatic heterocycles. The molecule has 4 rings (SSSR count). The van der Waals surface area contributed by atoms with Gasteiger partial charge in [0.2, 0.25) is 5.91 Å². The van der Waals surface area contributed by atoms with Crippen molar-refractivity contribution in [1.82, 2.24) is 15.3 Å². The quantitative estimate of drug-likeness (QED) is 0.943. The molecule has 126 valence electrons. The number of hydrogen-bond acceptors (Lipinski definition) is 4. The fourth-order valence-electron chi connectivity index (χ4n) is 3.54. The molecule has 2 fully saturated rings. The average Bonchev–Trinajstić information content (AvgIpc) is 3.38. The van der Waals surface area contributed by atoms with E-state index in [2.05, 4.69) is 40.3 Å². The topological polar surface area (TPSA) is 58.1 Å². The van der Waals surface area contributed by atoms with E-state index in [0.29, 0.717) is 6.04 Å². The fourth-order valence-corrected chi connectivity index (χ4v) is 3.54. The number of pyridine rings is 2. The summed E-state index contributed by atoms with van der Waals surface area (Å²) in [5, 5.41) is 4.24. The molecule has 5 nitrogen and oxygen atoms in total. The highest BCUT2D eigenvalue weighted by Gasteiger charge is 2.30. The molecular weight excluding hydrogens is 300 g/mol. The predicted octanol–water partition coefficient (Wildman–Crippen LogP) is 2.74. The number of fused-ring (bicyclic) bond motifs is 1. The molecule has 0 bridgehead atoms. The first-order valence-corrected chi connectivity index (χ1v) is 8.90. The van der Waals surface area contributed by atoms with Gasteiger partial charge < -0.3 is 10.2 Å². The van der Waals surface area contributed by atoms with Crippen LogP contribution in [0.5, 0.6) is 0 Å². The second-order valence-electron chi connectivity index (χ2n) is 7.19. The first-order valence-electron chi connectivity index (χ1n) is 8.90. The summed E-state index contributed by atoms with van der Waals surface area (Å²) in [6.45, 7) is 5.80. The van der Waals surface area contributed by atoms with Gasteiger partial charge in [-0.15, -0.1) is 0 Å². The van der Waals surface area contributed by atoms with E-state index >= 15 is 0 Å². The van der Waals surface area contributed by atoms with E-state index in [9.17, 15) is 4.79 Å². The highest BCUT2D eigenvalue weighted by atomic mass is 16.2. The zero-order valence-electron chi connectivity index (χ0n) is 14.4. The van der Waals surface area contributed by atoms with Crippen LogP contribution < -0.4 is 10.2 Å². The van der Waals surface area contributed by atoms with E-state index in [-0.39, 0.29) is 11.8 Å². The van der Waals surface area contributed by atoms with Crippen LogP contribution in [0.15, 0.2) is 18.2 Å². The van der Waals surface area contributed by atoms with Gasteiger partial charge in [-0.1, -0.05) is 0 Å². The molecule has 2 aromatic heterocycles. The lowest BCUT2D eigenvalue weighted by Crippen LogP contribution is -2.44. The lowest BCUT2D eigenvalue weighted by molar-refractivity contribution is -0.125. The number of nitrogens with one attached hydrogen (secondary N) is 1. The van der Waals surface area contributed by atoms with Gasteiger partial charge in [-0.25, -0.2) is 9.97 Å². The highest BCUT2D eigenvalue weighted by molar-refractivity contribution is 5.82. The van der Waals surface area contributed by atoms with Gasteiger partial charge in [0.15, 0.2) is 5.65 Å². The molecule has 1 unspecified atom stereocenters. The molecule has 1 aliphatic carbocycles. The van der Waals surface area contributed by atoms with Crippen LogP contribution in [0.25, 0.3) is 11.0 Å². The van der Waals surface area contributed by atoms with E-state index in [1.807, 2.05) is 6.92 Å². The minimum Gasteiger partial charge on any atom is -0.356 e. The summed E-state index contributed by atoms with van der Waals surface area (Å²) >= 11 is 0. The molecule has 0 aromatic carbocycles. The third-order valence-electron chi connectivity index (χ3n) is 5.03.